The number of anilines is 1. The summed E-state index contributed by atoms with van der Waals surface area (Å²) in [5.41, 5.74) is 5.41. The van der Waals surface area contributed by atoms with Crippen molar-refractivity contribution in [3.8, 4) is 11.5 Å². The summed E-state index contributed by atoms with van der Waals surface area (Å²) in [5.74, 6) is -0.626. The highest BCUT2D eigenvalue weighted by molar-refractivity contribution is 9.09. The third-order valence-electron chi connectivity index (χ3n) is 2.86. The molecular formula is C16H14BrFN2O4. The number of hydrogen-bond donors (Lipinski definition) is 2. The number of benzene rings is 2. The van der Waals surface area contributed by atoms with Gasteiger partial charge in [-0.05, 0) is 36.4 Å². The summed E-state index contributed by atoms with van der Waals surface area (Å²) in [6.45, 7) is 0.509. The molecule has 2 aromatic rings. The van der Waals surface area contributed by atoms with Crippen molar-refractivity contribution in [3.05, 3.63) is 53.8 Å². The first-order valence-corrected chi connectivity index (χ1v) is 7.99. The fraction of sp³-hybridized carbons (Fsp3) is 0.125. The van der Waals surface area contributed by atoms with E-state index in [1.807, 2.05) is 0 Å². The minimum absolute atomic E-state index is 0.125. The average Bonchev–Trinajstić information content (AvgIpc) is 2.55. The number of alkyl halides is 1. The molecule has 0 atom stereocenters. The van der Waals surface area contributed by atoms with E-state index in [-0.39, 0.29) is 11.4 Å². The number of primary amides is 1. The molecule has 0 radical (unpaired) electrons. The van der Waals surface area contributed by atoms with Crippen LogP contribution in [0.4, 0.5) is 14.9 Å². The highest BCUT2D eigenvalue weighted by Gasteiger charge is 2.13. The molecule has 6 nitrogen and oxygen atoms in total. The second-order valence-electron chi connectivity index (χ2n) is 4.58. The summed E-state index contributed by atoms with van der Waals surface area (Å²) in [6.07, 6.45) is -1.11. The standard InChI is InChI=1S/C16H14BrFN2O4/c17-7-8-23-12-4-1-10(2-5-12)15(21)20-13-6-3-11(18)9-14(13)24-16(19)22/h1-6,9H,7-8H2,(H2,19,22)(H,20,21). The van der Waals surface area contributed by atoms with Gasteiger partial charge in [0.15, 0.2) is 5.75 Å². The maximum absolute atomic E-state index is 13.2. The van der Waals surface area contributed by atoms with Gasteiger partial charge >= 0.3 is 6.09 Å². The van der Waals surface area contributed by atoms with E-state index in [1.54, 1.807) is 24.3 Å². The Kier molecular flexibility index (Phi) is 6.14. The van der Waals surface area contributed by atoms with Crippen LogP contribution in [-0.2, 0) is 0 Å². The Labute approximate surface area is 145 Å². The van der Waals surface area contributed by atoms with Crippen LogP contribution in [0.2, 0.25) is 0 Å². The van der Waals surface area contributed by atoms with E-state index >= 15 is 0 Å². The van der Waals surface area contributed by atoms with Crippen molar-refractivity contribution in [1.82, 2.24) is 0 Å². The summed E-state index contributed by atoms with van der Waals surface area (Å²) in [5, 5.41) is 3.23. The van der Waals surface area contributed by atoms with Gasteiger partial charge in [-0.15, -0.1) is 0 Å². The van der Waals surface area contributed by atoms with Gasteiger partial charge < -0.3 is 20.5 Å². The molecule has 0 aromatic heterocycles. The Morgan fingerprint density at radius 2 is 1.88 bits per heavy atom. The van der Waals surface area contributed by atoms with Gasteiger partial charge in [-0.2, -0.15) is 0 Å². The van der Waals surface area contributed by atoms with E-state index in [2.05, 4.69) is 26.0 Å². The van der Waals surface area contributed by atoms with E-state index in [4.69, 9.17) is 10.5 Å². The minimum atomic E-state index is -1.11. The van der Waals surface area contributed by atoms with Gasteiger partial charge in [-0.3, -0.25) is 4.79 Å². The van der Waals surface area contributed by atoms with Gasteiger partial charge in [-0.1, -0.05) is 15.9 Å². The normalized spacial score (nSPS) is 10.1. The van der Waals surface area contributed by atoms with Crippen LogP contribution in [0.15, 0.2) is 42.5 Å². The number of rotatable bonds is 6. The summed E-state index contributed by atoms with van der Waals surface area (Å²) in [6, 6.07) is 9.83. The van der Waals surface area contributed by atoms with Crippen LogP contribution in [0, 0.1) is 5.82 Å². The first kappa shape index (κ1) is 17.7. The fourth-order valence-electron chi connectivity index (χ4n) is 1.85. The molecule has 0 aliphatic carbocycles. The molecule has 24 heavy (non-hydrogen) atoms. The Balaban J connectivity index is 2.13. The number of nitrogens with two attached hydrogens (primary N) is 1. The number of amides is 2. The molecule has 0 saturated heterocycles. The van der Waals surface area contributed by atoms with Gasteiger partial charge in [0, 0.05) is 17.0 Å². The second-order valence-corrected chi connectivity index (χ2v) is 5.37. The van der Waals surface area contributed by atoms with Crippen LogP contribution in [0.25, 0.3) is 0 Å². The number of ether oxygens (including phenoxy) is 2. The van der Waals surface area contributed by atoms with E-state index in [9.17, 15) is 14.0 Å². The lowest BCUT2D eigenvalue weighted by Gasteiger charge is -2.11. The van der Waals surface area contributed by atoms with Gasteiger partial charge in [-0.25, -0.2) is 9.18 Å². The smallest absolute Gasteiger partial charge is 0.410 e. The average molecular weight is 397 g/mol. The van der Waals surface area contributed by atoms with E-state index in [1.165, 1.54) is 6.07 Å². The predicted molar refractivity (Wildman–Crippen MR) is 90.3 cm³/mol. The Morgan fingerprint density at radius 1 is 1.17 bits per heavy atom. The minimum Gasteiger partial charge on any atom is -0.493 e. The van der Waals surface area contributed by atoms with Gasteiger partial charge in [0.1, 0.15) is 11.6 Å². The number of carbonyl (C=O) groups is 2. The Hall–Kier alpha value is -2.61. The van der Waals surface area contributed by atoms with Crippen molar-refractivity contribution in [2.24, 2.45) is 5.73 Å². The first-order chi connectivity index (χ1) is 11.5. The van der Waals surface area contributed by atoms with Crippen LogP contribution in [0.1, 0.15) is 10.4 Å². The zero-order chi connectivity index (χ0) is 17.5. The molecule has 2 aromatic carbocycles. The molecule has 0 aliphatic heterocycles. The largest absolute Gasteiger partial charge is 0.493 e. The van der Waals surface area contributed by atoms with Crippen LogP contribution >= 0.6 is 15.9 Å². The van der Waals surface area contributed by atoms with Crippen LogP contribution in [0.5, 0.6) is 11.5 Å². The molecule has 3 N–H and O–H groups in total. The Morgan fingerprint density at radius 3 is 2.50 bits per heavy atom. The lowest BCUT2D eigenvalue weighted by molar-refractivity contribution is 0.102. The van der Waals surface area contributed by atoms with Crippen LogP contribution in [0.3, 0.4) is 0 Å². The molecule has 0 spiro atoms. The molecular weight excluding hydrogens is 383 g/mol. The lowest BCUT2D eigenvalue weighted by Crippen LogP contribution is -2.19. The topological polar surface area (TPSA) is 90.7 Å². The monoisotopic (exact) mass is 396 g/mol. The third kappa shape index (κ3) is 4.95. The molecule has 126 valence electrons. The maximum atomic E-state index is 13.2. The summed E-state index contributed by atoms with van der Waals surface area (Å²) >= 11 is 3.25. The maximum Gasteiger partial charge on any atom is 0.410 e. The SMILES string of the molecule is NC(=O)Oc1cc(F)ccc1NC(=O)c1ccc(OCCBr)cc1. The molecule has 2 rings (SSSR count). The van der Waals surface area contributed by atoms with Crippen LogP contribution in [-0.4, -0.2) is 23.9 Å². The number of nitrogens with one attached hydrogen (secondary N) is 1. The quantitative estimate of drug-likeness (QED) is 0.732. The van der Waals surface area contributed by atoms with Crippen molar-refractivity contribution in [3.63, 3.8) is 0 Å². The highest BCUT2D eigenvalue weighted by Crippen LogP contribution is 2.26. The van der Waals surface area contributed by atoms with E-state index < -0.39 is 17.8 Å². The van der Waals surface area contributed by atoms with Crippen molar-refractivity contribution in [1.29, 1.82) is 0 Å². The molecule has 0 bridgehead atoms. The Bertz CT molecular complexity index is 737. The summed E-state index contributed by atoms with van der Waals surface area (Å²) < 4.78 is 23.3. The zero-order valence-corrected chi connectivity index (χ0v) is 14.0. The molecule has 8 heteroatoms. The predicted octanol–water partition coefficient (Wildman–Crippen LogP) is 3.31. The summed E-state index contributed by atoms with van der Waals surface area (Å²) in [7, 11) is 0. The lowest BCUT2D eigenvalue weighted by atomic mass is 10.2. The van der Waals surface area contributed by atoms with Crippen molar-refractivity contribution < 1.29 is 23.5 Å². The first-order valence-electron chi connectivity index (χ1n) is 6.86. The highest BCUT2D eigenvalue weighted by atomic mass is 79.9. The number of hydrogen-bond acceptors (Lipinski definition) is 4. The van der Waals surface area contributed by atoms with Gasteiger partial charge in [0.2, 0.25) is 0 Å². The van der Waals surface area contributed by atoms with E-state index in [0.29, 0.717) is 23.2 Å². The fourth-order valence-corrected chi connectivity index (χ4v) is 2.01. The van der Waals surface area contributed by atoms with Gasteiger partial charge in [0.05, 0.1) is 12.3 Å². The second kappa shape index (κ2) is 8.30. The molecule has 0 unspecified atom stereocenters. The van der Waals surface area contributed by atoms with Crippen molar-refractivity contribution in [2.45, 2.75) is 0 Å². The third-order valence-corrected chi connectivity index (χ3v) is 3.19. The van der Waals surface area contributed by atoms with E-state index in [0.717, 1.165) is 12.1 Å². The summed E-state index contributed by atoms with van der Waals surface area (Å²) in [4.78, 5) is 23.1. The molecule has 0 fully saturated rings. The zero-order valence-electron chi connectivity index (χ0n) is 12.4. The number of carbonyl (C=O) groups excluding carboxylic acids is 2. The van der Waals surface area contributed by atoms with Crippen LogP contribution < -0.4 is 20.5 Å². The molecule has 0 aliphatic rings. The molecule has 0 saturated carbocycles. The van der Waals surface area contributed by atoms with Crippen molar-refractivity contribution >= 4 is 33.6 Å². The van der Waals surface area contributed by atoms with Gasteiger partial charge in [0.25, 0.3) is 5.91 Å². The number of halogens is 2. The molecule has 0 heterocycles. The molecule has 2 amide bonds. The van der Waals surface area contributed by atoms with Crippen molar-refractivity contribution in [2.75, 3.05) is 17.3 Å².